The Bertz CT molecular complexity index is 923. The molecule has 1 amide bonds. The predicted octanol–water partition coefficient (Wildman–Crippen LogP) is 2.80. The van der Waals surface area contributed by atoms with E-state index in [9.17, 15) is 18.0 Å². The summed E-state index contributed by atoms with van der Waals surface area (Å²) in [7, 11) is -3.56. The van der Waals surface area contributed by atoms with Crippen molar-refractivity contribution in [3.63, 3.8) is 0 Å². The number of para-hydroxylation sites is 1. The van der Waals surface area contributed by atoms with Gasteiger partial charge in [0.05, 0.1) is 17.5 Å². The van der Waals surface area contributed by atoms with Gasteiger partial charge in [-0.25, -0.2) is 13.2 Å². The second kappa shape index (κ2) is 8.68. The molecule has 0 heterocycles. The third-order valence-corrected chi connectivity index (χ3v) is 4.32. The molecule has 1 atom stereocenters. The van der Waals surface area contributed by atoms with Crippen LogP contribution in [0.4, 0.5) is 11.4 Å². The summed E-state index contributed by atoms with van der Waals surface area (Å²) in [6.07, 6.45) is 0.813. The van der Waals surface area contributed by atoms with Crippen molar-refractivity contribution >= 4 is 33.3 Å². The van der Waals surface area contributed by atoms with Crippen LogP contribution in [0.15, 0.2) is 48.5 Å². The number of sulfonamides is 1. The van der Waals surface area contributed by atoms with Gasteiger partial charge in [0.15, 0.2) is 6.10 Å². The van der Waals surface area contributed by atoms with Crippen LogP contribution in [0.2, 0.25) is 0 Å². The van der Waals surface area contributed by atoms with Crippen molar-refractivity contribution in [2.24, 2.45) is 0 Å². The van der Waals surface area contributed by atoms with Crippen LogP contribution in [-0.4, -0.2) is 32.7 Å². The summed E-state index contributed by atoms with van der Waals surface area (Å²) in [5.41, 5.74) is 1.85. The molecule has 144 valence electrons. The van der Waals surface area contributed by atoms with Crippen molar-refractivity contribution in [3.8, 4) is 0 Å². The van der Waals surface area contributed by atoms with Gasteiger partial charge in [0, 0.05) is 5.69 Å². The molecule has 0 saturated carbocycles. The predicted molar refractivity (Wildman–Crippen MR) is 104 cm³/mol. The number of anilines is 2. The summed E-state index contributed by atoms with van der Waals surface area (Å²) >= 11 is 0. The molecule has 27 heavy (non-hydrogen) atoms. The van der Waals surface area contributed by atoms with Crippen molar-refractivity contribution in [2.45, 2.75) is 26.4 Å². The number of carbonyl (C=O) groups is 2. The van der Waals surface area contributed by atoms with Gasteiger partial charge in [0.1, 0.15) is 0 Å². The van der Waals surface area contributed by atoms with E-state index in [-0.39, 0.29) is 11.3 Å². The highest BCUT2D eigenvalue weighted by Gasteiger charge is 2.21. The normalized spacial score (nSPS) is 12.1. The van der Waals surface area contributed by atoms with E-state index in [4.69, 9.17) is 4.74 Å². The van der Waals surface area contributed by atoms with Crippen molar-refractivity contribution in [1.82, 2.24) is 0 Å². The average molecular weight is 390 g/mol. The standard InChI is InChI=1S/C19H22N2O5S/c1-4-14-9-11-15(12-10-14)20-18(22)13(2)26-19(23)16-7-5-6-8-17(16)21-27(3,24)25/h5-13,21H,4H2,1-3H3,(H,20,22). The zero-order chi connectivity index (χ0) is 20.0. The van der Waals surface area contributed by atoms with Gasteiger partial charge in [-0.05, 0) is 43.2 Å². The van der Waals surface area contributed by atoms with E-state index in [1.807, 2.05) is 19.1 Å². The Morgan fingerprint density at radius 3 is 2.30 bits per heavy atom. The summed E-state index contributed by atoms with van der Waals surface area (Å²) in [5.74, 6) is -1.29. The molecule has 2 rings (SSSR count). The van der Waals surface area contributed by atoms with Crippen LogP contribution in [-0.2, 0) is 26.0 Å². The summed E-state index contributed by atoms with van der Waals surface area (Å²) in [6.45, 7) is 3.48. The maximum Gasteiger partial charge on any atom is 0.341 e. The molecule has 2 aromatic carbocycles. The van der Waals surface area contributed by atoms with E-state index >= 15 is 0 Å². The van der Waals surface area contributed by atoms with Gasteiger partial charge < -0.3 is 10.1 Å². The Morgan fingerprint density at radius 1 is 1.07 bits per heavy atom. The van der Waals surface area contributed by atoms with Gasteiger partial charge in [-0.3, -0.25) is 9.52 Å². The molecule has 2 N–H and O–H groups in total. The van der Waals surface area contributed by atoms with Crippen LogP contribution < -0.4 is 10.0 Å². The van der Waals surface area contributed by atoms with Gasteiger partial charge in [-0.15, -0.1) is 0 Å². The topological polar surface area (TPSA) is 102 Å². The average Bonchev–Trinajstić information content (AvgIpc) is 2.61. The molecule has 0 saturated heterocycles. The number of amides is 1. The van der Waals surface area contributed by atoms with E-state index in [1.165, 1.54) is 19.1 Å². The molecule has 0 radical (unpaired) electrons. The van der Waals surface area contributed by atoms with Gasteiger partial charge >= 0.3 is 5.97 Å². The van der Waals surface area contributed by atoms with E-state index in [2.05, 4.69) is 10.0 Å². The largest absolute Gasteiger partial charge is 0.449 e. The minimum Gasteiger partial charge on any atom is -0.449 e. The third-order valence-electron chi connectivity index (χ3n) is 3.73. The smallest absolute Gasteiger partial charge is 0.341 e. The first kappa shape index (κ1) is 20.4. The van der Waals surface area contributed by atoms with Crippen LogP contribution in [0.1, 0.15) is 29.8 Å². The maximum atomic E-state index is 12.4. The highest BCUT2D eigenvalue weighted by Crippen LogP contribution is 2.18. The number of ether oxygens (including phenoxy) is 1. The Hall–Kier alpha value is -2.87. The number of aryl methyl sites for hydroxylation is 1. The van der Waals surface area contributed by atoms with E-state index in [0.29, 0.717) is 5.69 Å². The first-order chi connectivity index (χ1) is 12.7. The summed E-state index contributed by atoms with van der Waals surface area (Å²) < 4.78 is 30.3. The lowest BCUT2D eigenvalue weighted by Gasteiger charge is -2.15. The number of esters is 1. The molecule has 0 spiro atoms. The first-order valence-electron chi connectivity index (χ1n) is 8.37. The van der Waals surface area contributed by atoms with E-state index in [0.717, 1.165) is 18.2 Å². The highest BCUT2D eigenvalue weighted by atomic mass is 32.2. The molecular weight excluding hydrogens is 368 g/mol. The van der Waals surface area contributed by atoms with Crippen molar-refractivity contribution < 1.29 is 22.7 Å². The van der Waals surface area contributed by atoms with Gasteiger partial charge in [0.25, 0.3) is 5.91 Å². The highest BCUT2D eigenvalue weighted by molar-refractivity contribution is 7.92. The lowest BCUT2D eigenvalue weighted by atomic mass is 10.1. The fourth-order valence-electron chi connectivity index (χ4n) is 2.30. The third kappa shape index (κ3) is 6.10. The fraction of sp³-hybridized carbons (Fsp3) is 0.263. The minimum atomic E-state index is -3.56. The molecule has 8 heteroatoms. The molecule has 7 nitrogen and oxygen atoms in total. The molecule has 2 aromatic rings. The SMILES string of the molecule is CCc1ccc(NC(=O)C(C)OC(=O)c2ccccc2NS(C)(=O)=O)cc1. The Balaban J connectivity index is 2.05. The summed E-state index contributed by atoms with van der Waals surface area (Å²) in [4.78, 5) is 24.6. The van der Waals surface area contributed by atoms with Gasteiger partial charge in [-0.2, -0.15) is 0 Å². The molecule has 0 bridgehead atoms. The number of hydrogen-bond acceptors (Lipinski definition) is 5. The first-order valence-corrected chi connectivity index (χ1v) is 10.3. The van der Waals surface area contributed by atoms with E-state index < -0.39 is 28.0 Å². The van der Waals surface area contributed by atoms with Crippen LogP contribution in [0.5, 0.6) is 0 Å². The van der Waals surface area contributed by atoms with Crippen LogP contribution >= 0.6 is 0 Å². The second-order valence-electron chi connectivity index (χ2n) is 6.01. The summed E-state index contributed by atoms with van der Waals surface area (Å²) in [5, 5.41) is 2.68. The molecule has 0 aliphatic carbocycles. The van der Waals surface area contributed by atoms with Crippen molar-refractivity contribution in [1.29, 1.82) is 0 Å². The summed E-state index contributed by atoms with van der Waals surface area (Å²) in [6, 6.07) is 13.4. The van der Waals surface area contributed by atoms with Gasteiger partial charge in [-0.1, -0.05) is 31.2 Å². The monoisotopic (exact) mass is 390 g/mol. The number of rotatable bonds is 7. The molecule has 1 unspecified atom stereocenters. The maximum absolute atomic E-state index is 12.4. The Labute approximate surface area is 158 Å². The number of hydrogen-bond donors (Lipinski definition) is 2. The quantitative estimate of drug-likeness (QED) is 0.708. The fourth-order valence-corrected chi connectivity index (χ4v) is 2.87. The number of benzene rings is 2. The van der Waals surface area contributed by atoms with Gasteiger partial charge in [0.2, 0.25) is 10.0 Å². The lowest BCUT2D eigenvalue weighted by Crippen LogP contribution is -2.30. The molecule has 0 aliphatic heterocycles. The minimum absolute atomic E-state index is 0.0230. The van der Waals surface area contributed by atoms with Crippen LogP contribution in [0.3, 0.4) is 0 Å². The zero-order valence-corrected chi connectivity index (χ0v) is 16.2. The van der Waals surface area contributed by atoms with Crippen molar-refractivity contribution in [2.75, 3.05) is 16.3 Å². The zero-order valence-electron chi connectivity index (χ0n) is 15.4. The number of nitrogens with one attached hydrogen (secondary N) is 2. The number of carbonyl (C=O) groups excluding carboxylic acids is 2. The van der Waals surface area contributed by atoms with Crippen LogP contribution in [0, 0.1) is 0 Å². The second-order valence-corrected chi connectivity index (χ2v) is 7.76. The Morgan fingerprint density at radius 2 is 1.70 bits per heavy atom. The lowest BCUT2D eigenvalue weighted by molar-refractivity contribution is -0.123. The van der Waals surface area contributed by atoms with E-state index in [1.54, 1.807) is 24.3 Å². The molecular formula is C19H22N2O5S. The van der Waals surface area contributed by atoms with Crippen molar-refractivity contribution in [3.05, 3.63) is 59.7 Å². The molecule has 0 aliphatic rings. The molecule has 0 aromatic heterocycles. The van der Waals surface area contributed by atoms with Crippen LogP contribution in [0.25, 0.3) is 0 Å². The Kier molecular flexibility index (Phi) is 6.57. The molecule has 0 fully saturated rings.